The van der Waals surface area contributed by atoms with Crippen LogP contribution < -0.4 is 15.4 Å². The smallest absolute Gasteiger partial charge is 0.407 e. The number of aryl methyl sites for hydroxylation is 1. The summed E-state index contributed by atoms with van der Waals surface area (Å²) < 4.78 is 19.1. The monoisotopic (exact) mass is 983 g/mol. The number of hydrogen-bond acceptors (Lipinski definition) is 11. The van der Waals surface area contributed by atoms with E-state index < -0.39 is 30.8 Å². The minimum atomic E-state index is -1.26. The van der Waals surface area contributed by atoms with Gasteiger partial charge in [0, 0.05) is 68.4 Å². The van der Waals surface area contributed by atoms with E-state index in [9.17, 15) is 24.3 Å². The van der Waals surface area contributed by atoms with Gasteiger partial charge in [0.2, 0.25) is 18.2 Å². The first-order chi connectivity index (χ1) is 34.6. The third-order valence-corrected chi connectivity index (χ3v) is 14.3. The minimum absolute atomic E-state index is 0.0551. The van der Waals surface area contributed by atoms with Gasteiger partial charge in [0.1, 0.15) is 23.4 Å². The molecule has 0 saturated carbocycles. The van der Waals surface area contributed by atoms with Crippen molar-refractivity contribution < 1.29 is 38.5 Å². The molecule has 4 amide bonds. The molecule has 72 heavy (non-hydrogen) atoms. The Labute approximate surface area is 419 Å². The summed E-state index contributed by atoms with van der Waals surface area (Å²) in [5, 5.41) is 16.8. The second-order valence-electron chi connectivity index (χ2n) is 20.0. The molecule has 3 aromatic carbocycles. The number of aromatic amines is 2. The van der Waals surface area contributed by atoms with Crippen molar-refractivity contribution in [3.05, 3.63) is 102 Å². The lowest BCUT2D eigenvalue weighted by Gasteiger charge is -2.31. The van der Waals surface area contributed by atoms with Crippen molar-refractivity contribution in [2.45, 2.75) is 103 Å². The predicted molar refractivity (Wildman–Crippen MR) is 271 cm³/mol. The molecule has 6 heterocycles. The van der Waals surface area contributed by atoms with Crippen LogP contribution in [0.25, 0.3) is 44.7 Å². The molecule has 3 aromatic heterocycles. The fourth-order valence-electron chi connectivity index (χ4n) is 10.5. The Morgan fingerprint density at radius 3 is 2.06 bits per heavy atom. The summed E-state index contributed by atoms with van der Waals surface area (Å²) in [6.45, 7) is 8.81. The lowest BCUT2D eigenvalue weighted by molar-refractivity contribution is -0.145. The number of aromatic nitrogens is 5. The van der Waals surface area contributed by atoms with Crippen LogP contribution in [-0.4, -0.2) is 128 Å². The Hall–Kier alpha value is -7.02. The molecule has 6 atom stereocenters. The summed E-state index contributed by atoms with van der Waals surface area (Å²) >= 11 is 0. The number of aliphatic hydroxyl groups excluding tert-OH is 1. The number of likely N-dealkylation sites (tertiary alicyclic amines) is 2. The van der Waals surface area contributed by atoms with Crippen molar-refractivity contribution in [2.24, 2.45) is 11.8 Å². The van der Waals surface area contributed by atoms with Gasteiger partial charge in [-0.25, -0.2) is 14.8 Å². The van der Waals surface area contributed by atoms with Crippen LogP contribution in [0.2, 0.25) is 0 Å². The van der Waals surface area contributed by atoms with Gasteiger partial charge >= 0.3 is 6.09 Å². The summed E-state index contributed by atoms with van der Waals surface area (Å²) in [6.07, 6.45) is 5.71. The Balaban J connectivity index is 1.02. The number of carbonyl (C=O) groups is 4. The summed E-state index contributed by atoms with van der Waals surface area (Å²) in [7, 11) is 6.17. The van der Waals surface area contributed by atoms with E-state index in [-0.39, 0.29) is 41.6 Å². The van der Waals surface area contributed by atoms with Crippen LogP contribution in [0.3, 0.4) is 0 Å². The maximum absolute atomic E-state index is 13.9. The van der Waals surface area contributed by atoms with E-state index >= 15 is 0 Å². The van der Waals surface area contributed by atoms with Crippen LogP contribution in [0, 0.1) is 11.8 Å². The van der Waals surface area contributed by atoms with Crippen LogP contribution in [0.15, 0.2) is 79.1 Å². The van der Waals surface area contributed by atoms with E-state index in [1.165, 1.54) is 14.2 Å². The highest BCUT2D eigenvalue weighted by Gasteiger charge is 2.39. The Bertz CT molecular complexity index is 2960. The molecular formula is C54H66N10O8. The summed E-state index contributed by atoms with van der Waals surface area (Å²) in [5.41, 5.74) is 8.01. The van der Waals surface area contributed by atoms with Gasteiger partial charge in [-0.05, 0) is 92.0 Å². The molecule has 18 heteroatoms. The normalized spacial score (nSPS) is 18.7. The third-order valence-electron chi connectivity index (χ3n) is 14.3. The number of hydrogen-bond donors (Lipinski definition) is 5. The Morgan fingerprint density at radius 1 is 0.819 bits per heavy atom. The first-order valence-corrected chi connectivity index (χ1v) is 24.9. The number of benzene rings is 3. The van der Waals surface area contributed by atoms with E-state index in [0.717, 1.165) is 75.9 Å². The number of carbonyl (C=O) groups excluding carboxylic acids is 4. The number of aliphatic hydroxyl groups is 1. The van der Waals surface area contributed by atoms with Gasteiger partial charge in [0.05, 0.1) is 60.2 Å². The number of alkyl carbamates (subject to hydrolysis) is 1. The van der Waals surface area contributed by atoms with Gasteiger partial charge in [0.15, 0.2) is 6.23 Å². The maximum Gasteiger partial charge on any atom is 0.407 e. The first-order valence-electron chi connectivity index (χ1n) is 24.9. The number of imidazole rings is 2. The molecular weight excluding hydrogens is 917 g/mol. The highest BCUT2D eigenvalue weighted by molar-refractivity contribution is 5.94. The molecule has 5 N–H and O–H groups in total. The maximum atomic E-state index is 13.9. The van der Waals surface area contributed by atoms with Crippen LogP contribution in [0.4, 0.5) is 4.79 Å². The molecule has 9 rings (SSSR count). The molecule has 3 aliphatic heterocycles. The average molecular weight is 983 g/mol. The van der Waals surface area contributed by atoms with Gasteiger partial charge < -0.3 is 53.9 Å². The highest BCUT2D eigenvalue weighted by atomic mass is 16.6. The summed E-state index contributed by atoms with van der Waals surface area (Å²) in [4.78, 5) is 74.8. The van der Waals surface area contributed by atoms with Crippen LogP contribution in [0.5, 0.6) is 5.75 Å². The zero-order chi connectivity index (χ0) is 51.0. The van der Waals surface area contributed by atoms with E-state index in [4.69, 9.17) is 24.2 Å². The SMILES string of the molecule is COC(=O)N[C@H](C(=O)N1CCC[C@H]1c1ncc(-c2ccc3c(c2)OC(CCc2cccc(C(=O)N(C)C)c2)n2c-3cc3cc(-c4cnc([C@@H]5CCCN5C(=O)[C@@H](NC(O)OC)C(C)C)[nH]4)ccc32)[nH]1)C(C)C. The average Bonchev–Trinajstić information content (AvgIpc) is 4.25. The molecule has 380 valence electrons. The predicted octanol–water partition coefficient (Wildman–Crippen LogP) is 7.56. The van der Waals surface area contributed by atoms with E-state index in [0.29, 0.717) is 48.9 Å². The fraction of sp³-hybridized carbons (Fsp3) is 0.444. The van der Waals surface area contributed by atoms with E-state index in [1.807, 2.05) is 69.1 Å². The minimum Gasteiger partial charge on any atom is -0.469 e. The quantitative estimate of drug-likeness (QED) is 0.0598. The highest BCUT2D eigenvalue weighted by Crippen LogP contribution is 2.46. The van der Waals surface area contributed by atoms with Gasteiger partial charge in [-0.2, -0.15) is 0 Å². The van der Waals surface area contributed by atoms with Crippen LogP contribution in [0.1, 0.15) is 106 Å². The van der Waals surface area contributed by atoms with Crippen LogP contribution in [-0.2, 0) is 25.5 Å². The number of ether oxygens (including phenoxy) is 3. The number of nitrogens with one attached hydrogen (secondary N) is 4. The molecule has 2 unspecified atom stereocenters. The van der Waals surface area contributed by atoms with Crippen molar-refractivity contribution in [2.75, 3.05) is 41.4 Å². The lowest BCUT2D eigenvalue weighted by atomic mass is 10.0. The molecule has 2 saturated heterocycles. The van der Waals surface area contributed by atoms with E-state index in [2.05, 4.69) is 61.6 Å². The van der Waals surface area contributed by atoms with Crippen molar-refractivity contribution in [1.29, 1.82) is 0 Å². The molecule has 0 bridgehead atoms. The fourth-order valence-corrected chi connectivity index (χ4v) is 10.5. The topological polar surface area (TPSA) is 212 Å². The number of nitrogens with zero attached hydrogens (tertiary/aromatic N) is 6. The largest absolute Gasteiger partial charge is 0.469 e. The first kappa shape index (κ1) is 49.9. The van der Waals surface area contributed by atoms with Gasteiger partial charge in [-0.1, -0.05) is 52.0 Å². The number of H-pyrrole nitrogens is 2. The molecule has 3 aliphatic rings. The van der Waals surface area contributed by atoms with Gasteiger partial charge in [0.25, 0.3) is 5.91 Å². The van der Waals surface area contributed by atoms with E-state index in [1.54, 1.807) is 30.1 Å². The zero-order valence-electron chi connectivity index (χ0n) is 42.3. The molecule has 6 aromatic rings. The zero-order valence-corrected chi connectivity index (χ0v) is 42.3. The summed E-state index contributed by atoms with van der Waals surface area (Å²) in [5.74, 6) is 1.54. The Morgan fingerprint density at radius 2 is 1.44 bits per heavy atom. The second-order valence-corrected chi connectivity index (χ2v) is 20.0. The van der Waals surface area contributed by atoms with Crippen molar-refractivity contribution in [1.82, 2.24) is 49.8 Å². The van der Waals surface area contributed by atoms with Gasteiger partial charge in [-0.3, -0.25) is 19.7 Å². The number of fused-ring (bicyclic) bond motifs is 5. The number of amides is 4. The Kier molecular flexibility index (Phi) is 14.6. The molecule has 2 fully saturated rings. The summed E-state index contributed by atoms with van der Waals surface area (Å²) in [6, 6.07) is 20.6. The number of rotatable bonds is 16. The third kappa shape index (κ3) is 9.94. The molecule has 0 radical (unpaired) electrons. The lowest BCUT2D eigenvalue weighted by Crippen LogP contribution is -2.52. The molecule has 18 nitrogen and oxygen atoms in total. The van der Waals surface area contributed by atoms with Gasteiger partial charge in [-0.15, -0.1) is 0 Å². The van der Waals surface area contributed by atoms with Crippen molar-refractivity contribution >= 4 is 34.7 Å². The van der Waals surface area contributed by atoms with Crippen LogP contribution >= 0.6 is 0 Å². The number of methoxy groups -OCH3 is 2. The standard InChI is InChI=1S/C54H66N10O8/c1-30(2)46(59-53(68)70-7)51(66)62-22-10-14-41(62)48-55-28-38(57-48)33-18-20-40-36(25-33)26-43-37-19-17-34(27-44(37)72-45(64(40)43)21-16-32-12-9-13-35(24-32)50(65)61(5)6)39-29-56-49(58-39)42-15-11-23-63(42)52(67)47(31(3)4)60-54(69)71-8/h9,12-13,17-20,24-31,41-42,45-47,53,59,68H,10-11,14-16,21-23H2,1-8H3,(H,55,57)(H,56,58)(H,60,69)/t41-,42-,45?,46-,47-,53?/m0/s1. The van der Waals surface area contributed by atoms with Crippen molar-refractivity contribution in [3.63, 3.8) is 0 Å². The molecule has 0 spiro atoms. The molecule has 0 aliphatic carbocycles. The second kappa shape index (κ2) is 21.0. The van der Waals surface area contributed by atoms with Crippen molar-refractivity contribution in [3.8, 4) is 39.5 Å².